The Morgan fingerprint density at radius 1 is 0.903 bits per heavy atom. The summed E-state index contributed by atoms with van der Waals surface area (Å²) in [6.45, 7) is 0.384. The third-order valence-electron chi connectivity index (χ3n) is 4.70. The van der Waals surface area contributed by atoms with Gasteiger partial charge in [0.15, 0.2) is 0 Å². The van der Waals surface area contributed by atoms with Crippen LogP contribution in [0.2, 0.25) is 0 Å². The topological polar surface area (TPSA) is 84.9 Å². The fraction of sp³-hybridized carbons (Fsp3) is 0.174. The SMILES string of the molecule is COc1ccc(S(=O)(=O)Nc2ccc(C(=O)N(C)Cc3ccccc3OC)cc2)cc1. The van der Waals surface area contributed by atoms with Crippen LogP contribution in [-0.2, 0) is 16.6 Å². The van der Waals surface area contributed by atoms with E-state index in [1.54, 1.807) is 55.5 Å². The first-order valence-corrected chi connectivity index (χ1v) is 11.0. The minimum atomic E-state index is -3.75. The van der Waals surface area contributed by atoms with Crippen LogP contribution in [0.15, 0.2) is 77.7 Å². The maximum absolute atomic E-state index is 12.8. The lowest BCUT2D eigenvalue weighted by molar-refractivity contribution is 0.0784. The fourth-order valence-corrected chi connectivity index (χ4v) is 4.09. The minimum absolute atomic E-state index is 0.116. The average molecular weight is 441 g/mol. The molecule has 3 rings (SSSR count). The van der Waals surface area contributed by atoms with Gasteiger partial charge in [-0.15, -0.1) is 0 Å². The van der Waals surface area contributed by atoms with Gasteiger partial charge in [-0.1, -0.05) is 18.2 Å². The van der Waals surface area contributed by atoms with Crippen LogP contribution in [0, 0.1) is 0 Å². The van der Waals surface area contributed by atoms with Gasteiger partial charge in [0.1, 0.15) is 11.5 Å². The van der Waals surface area contributed by atoms with Crippen molar-refractivity contribution in [3.8, 4) is 11.5 Å². The van der Waals surface area contributed by atoms with E-state index >= 15 is 0 Å². The first kappa shape index (κ1) is 22.2. The molecule has 0 spiro atoms. The lowest BCUT2D eigenvalue weighted by Gasteiger charge is -2.19. The molecule has 0 aliphatic carbocycles. The highest BCUT2D eigenvalue weighted by molar-refractivity contribution is 7.92. The van der Waals surface area contributed by atoms with E-state index in [-0.39, 0.29) is 10.8 Å². The molecule has 0 atom stereocenters. The quantitative estimate of drug-likeness (QED) is 0.576. The predicted octanol–water partition coefficient (Wildman–Crippen LogP) is 3.78. The van der Waals surface area contributed by atoms with E-state index in [9.17, 15) is 13.2 Å². The molecule has 1 amide bonds. The Morgan fingerprint density at radius 3 is 2.16 bits per heavy atom. The number of nitrogens with one attached hydrogen (secondary N) is 1. The zero-order valence-electron chi connectivity index (χ0n) is 17.5. The van der Waals surface area contributed by atoms with E-state index in [0.717, 1.165) is 5.56 Å². The molecule has 31 heavy (non-hydrogen) atoms. The van der Waals surface area contributed by atoms with Crippen molar-refractivity contribution >= 4 is 21.6 Å². The van der Waals surface area contributed by atoms with Gasteiger partial charge in [0.25, 0.3) is 15.9 Å². The van der Waals surface area contributed by atoms with E-state index in [4.69, 9.17) is 9.47 Å². The van der Waals surface area contributed by atoms with Gasteiger partial charge in [0.2, 0.25) is 0 Å². The Bertz CT molecular complexity index is 1140. The Labute approximate surface area is 182 Å². The summed E-state index contributed by atoms with van der Waals surface area (Å²) in [5.41, 5.74) is 1.70. The molecule has 0 fully saturated rings. The number of nitrogens with zero attached hydrogens (tertiary/aromatic N) is 1. The molecule has 0 saturated carbocycles. The van der Waals surface area contributed by atoms with Gasteiger partial charge in [-0.25, -0.2) is 8.42 Å². The molecule has 0 radical (unpaired) electrons. The van der Waals surface area contributed by atoms with Gasteiger partial charge in [0.05, 0.1) is 19.1 Å². The molecule has 0 heterocycles. The fourth-order valence-electron chi connectivity index (χ4n) is 3.03. The second-order valence-electron chi connectivity index (χ2n) is 6.83. The maximum atomic E-state index is 12.8. The van der Waals surface area contributed by atoms with Gasteiger partial charge >= 0.3 is 0 Å². The summed E-state index contributed by atoms with van der Waals surface area (Å²) in [5.74, 6) is 1.10. The summed E-state index contributed by atoms with van der Waals surface area (Å²) in [6.07, 6.45) is 0. The third kappa shape index (κ3) is 5.35. The summed E-state index contributed by atoms with van der Waals surface area (Å²) < 4.78 is 38.0. The number of hydrogen-bond donors (Lipinski definition) is 1. The molecule has 7 nitrogen and oxygen atoms in total. The first-order valence-electron chi connectivity index (χ1n) is 9.48. The predicted molar refractivity (Wildman–Crippen MR) is 119 cm³/mol. The zero-order chi connectivity index (χ0) is 22.4. The molecule has 3 aromatic rings. The lowest BCUT2D eigenvalue weighted by Crippen LogP contribution is -2.26. The highest BCUT2D eigenvalue weighted by Gasteiger charge is 2.16. The molecule has 0 aliphatic rings. The van der Waals surface area contributed by atoms with Gasteiger partial charge in [0, 0.05) is 30.4 Å². The number of benzene rings is 3. The number of methoxy groups -OCH3 is 2. The highest BCUT2D eigenvalue weighted by Crippen LogP contribution is 2.22. The van der Waals surface area contributed by atoms with Crippen LogP contribution in [0.4, 0.5) is 5.69 Å². The monoisotopic (exact) mass is 440 g/mol. The second-order valence-corrected chi connectivity index (χ2v) is 8.51. The van der Waals surface area contributed by atoms with Crippen LogP contribution in [0.5, 0.6) is 11.5 Å². The number of amides is 1. The molecular weight excluding hydrogens is 416 g/mol. The normalized spacial score (nSPS) is 10.9. The van der Waals surface area contributed by atoms with Crippen LogP contribution in [0.25, 0.3) is 0 Å². The molecule has 1 N–H and O–H groups in total. The average Bonchev–Trinajstić information content (AvgIpc) is 2.79. The van der Waals surface area contributed by atoms with Crippen LogP contribution >= 0.6 is 0 Å². The second kappa shape index (κ2) is 9.53. The van der Waals surface area contributed by atoms with E-state index < -0.39 is 10.0 Å². The highest BCUT2D eigenvalue weighted by atomic mass is 32.2. The molecule has 0 aromatic heterocycles. The maximum Gasteiger partial charge on any atom is 0.261 e. The third-order valence-corrected chi connectivity index (χ3v) is 6.10. The van der Waals surface area contributed by atoms with E-state index in [0.29, 0.717) is 29.3 Å². The summed E-state index contributed by atoms with van der Waals surface area (Å²) in [6, 6.07) is 19.9. The molecule has 0 saturated heterocycles. The van der Waals surface area contributed by atoms with Gasteiger partial charge < -0.3 is 14.4 Å². The van der Waals surface area contributed by atoms with Crippen molar-refractivity contribution in [2.24, 2.45) is 0 Å². The lowest BCUT2D eigenvalue weighted by atomic mass is 10.1. The van der Waals surface area contributed by atoms with Gasteiger partial charge in [-0.2, -0.15) is 0 Å². The standard InChI is InChI=1S/C23H24N2O5S/c1-25(16-18-6-4-5-7-22(18)30-3)23(26)17-8-10-19(11-9-17)24-31(27,28)21-14-12-20(29-2)13-15-21/h4-15,24H,16H2,1-3H3. The zero-order valence-corrected chi connectivity index (χ0v) is 18.3. The molecule has 3 aromatic carbocycles. The van der Waals surface area contributed by atoms with Crippen molar-refractivity contribution in [3.05, 3.63) is 83.9 Å². The number of para-hydroxylation sites is 1. The molecule has 0 bridgehead atoms. The Morgan fingerprint density at radius 2 is 1.55 bits per heavy atom. The Balaban J connectivity index is 1.69. The van der Waals surface area contributed by atoms with E-state index in [2.05, 4.69) is 4.72 Å². The summed E-state index contributed by atoms with van der Waals surface area (Å²) in [5, 5.41) is 0. The summed E-state index contributed by atoms with van der Waals surface area (Å²) in [7, 11) is 1.05. The molecule has 162 valence electrons. The smallest absolute Gasteiger partial charge is 0.261 e. The molecular formula is C23H24N2O5S. The van der Waals surface area contributed by atoms with Crippen LogP contribution in [0.3, 0.4) is 0 Å². The van der Waals surface area contributed by atoms with Crippen molar-refractivity contribution in [1.29, 1.82) is 0 Å². The number of carbonyl (C=O) groups is 1. The summed E-state index contributed by atoms with van der Waals surface area (Å²) >= 11 is 0. The number of hydrogen-bond acceptors (Lipinski definition) is 5. The number of rotatable bonds is 8. The Kier molecular flexibility index (Phi) is 6.81. The van der Waals surface area contributed by atoms with Crippen molar-refractivity contribution in [3.63, 3.8) is 0 Å². The van der Waals surface area contributed by atoms with Crippen molar-refractivity contribution < 1.29 is 22.7 Å². The minimum Gasteiger partial charge on any atom is -0.497 e. The largest absolute Gasteiger partial charge is 0.497 e. The van der Waals surface area contributed by atoms with Crippen LogP contribution in [-0.4, -0.2) is 40.5 Å². The van der Waals surface area contributed by atoms with Crippen molar-refractivity contribution in [1.82, 2.24) is 4.90 Å². The van der Waals surface area contributed by atoms with E-state index in [1.807, 2.05) is 24.3 Å². The van der Waals surface area contributed by atoms with Crippen LogP contribution in [0.1, 0.15) is 15.9 Å². The van der Waals surface area contributed by atoms with Gasteiger partial charge in [-0.3, -0.25) is 9.52 Å². The number of anilines is 1. The number of ether oxygens (including phenoxy) is 2. The molecule has 8 heteroatoms. The first-order chi connectivity index (χ1) is 14.8. The van der Waals surface area contributed by atoms with Crippen LogP contribution < -0.4 is 14.2 Å². The van der Waals surface area contributed by atoms with Crippen molar-refractivity contribution in [2.75, 3.05) is 26.0 Å². The number of carbonyl (C=O) groups excluding carboxylic acids is 1. The number of sulfonamides is 1. The summed E-state index contributed by atoms with van der Waals surface area (Å²) in [4.78, 5) is 14.5. The molecule has 0 unspecified atom stereocenters. The van der Waals surface area contributed by atoms with Gasteiger partial charge in [-0.05, 0) is 54.6 Å². The van der Waals surface area contributed by atoms with E-state index in [1.165, 1.54) is 19.2 Å². The Hall–Kier alpha value is -3.52. The van der Waals surface area contributed by atoms with Crippen molar-refractivity contribution in [2.45, 2.75) is 11.4 Å². The molecule has 0 aliphatic heterocycles.